The first-order chi connectivity index (χ1) is 9.95. The van der Waals surface area contributed by atoms with Gasteiger partial charge >= 0.3 is 6.03 Å². The van der Waals surface area contributed by atoms with Crippen LogP contribution in [-0.2, 0) is 0 Å². The van der Waals surface area contributed by atoms with Crippen molar-refractivity contribution in [1.29, 1.82) is 0 Å². The van der Waals surface area contributed by atoms with Crippen LogP contribution in [0.25, 0.3) is 0 Å². The first-order valence-electron chi connectivity index (χ1n) is 7.28. The van der Waals surface area contributed by atoms with E-state index < -0.39 is 4.92 Å². The molecule has 2 amide bonds. The molecular weight excluding hydrogens is 270 g/mol. The minimum atomic E-state index is -0.467. The number of non-ortho nitro benzene ring substituents is 1. The van der Waals surface area contributed by atoms with E-state index in [1.54, 1.807) is 6.07 Å². The molecule has 0 saturated heterocycles. The Morgan fingerprint density at radius 1 is 1.38 bits per heavy atom. The molecule has 6 nitrogen and oxygen atoms in total. The van der Waals surface area contributed by atoms with Gasteiger partial charge in [0.1, 0.15) is 0 Å². The summed E-state index contributed by atoms with van der Waals surface area (Å²) in [7, 11) is 0. The number of aryl methyl sites for hydroxylation is 1. The second-order valence-corrected chi connectivity index (χ2v) is 5.82. The molecule has 1 aliphatic rings. The van der Waals surface area contributed by atoms with Gasteiger partial charge in [0, 0.05) is 18.2 Å². The summed E-state index contributed by atoms with van der Waals surface area (Å²) < 4.78 is 0. The van der Waals surface area contributed by atoms with Gasteiger partial charge in [-0.25, -0.2) is 4.79 Å². The summed E-state index contributed by atoms with van der Waals surface area (Å²) in [6, 6.07) is 4.35. The number of carbonyl (C=O) groups excluding carboxylic acids is 1. The molecule has 1 aliphatic carbocycles. The van der Waals surface area contributed by atoms with E-state index in [4.69, 9.17) is 0 Å². The van der Waals surface area contributed by atoms with Gasteiger partial charge in [-0.15, -0.1) is 0 Å². The van der Waals surface area contributed by atoms with Crippen molar-refractivity contribution in [2.75, 3.05) is 5.32 Å². The molecule has 0 aromatic heterocycles. The van der Waals surface area contributed by atoms with Crippen LogP contribution >= 0.6 is 0 Å². The standard InChI is InChI=1S/C15H21N3O3/c1-10-4-3-5-12(8-10)16-15(19)17-14-9-13(18(20)21)7-6-11(14)2/h6-7,9-10,12H,3-5,8H2,1-2H3,(H2,16,17,19)/t10-,12-/m0/s1. The molecule has 1 aromatic carbocycles. The van der Waals surface area contributed by atoms with Gasteiger partial charge in [-0.05, 0) is 31.2 Å². The molecular formula is C15H21N3O3. The maximum absolute atomic E-state index is 12.0. The fraction of sp³-hybridized carbons (Fsp3) is 0.533. The lowest BCUT2D eigenvalue weighted by molar-refractivity contribution is -0.384. The second-order valence-electron chi connectivity index (χ2n) is 5.82. The van der Waals surface area contributed by atoms with Crippen molar-refractivity contribution in [3.05, 3.63) is 33.9 Å². The average molecular weight is 291 g/mol. The average Bonchev–Trinajstić information content (AvgIpc) is 2.41. The van der Waals surface area contributed by atoms with Gasteiger partial charge in [0.2, 0.25) is 0 Å². The van der Waals surface area contributed by atoms with Crippen LogP contribution < -0.4 is 10.6 Å². The van der Waals surface area contributed by atoms with Gasteiger partial charge in [-0.2, -0.15) is 0 Å². The van der Waals surface area contributed by atoms with E-state index in [0.29, 0.717) is 11.6 Å². The minimum Gasteiger partial charge on any atom is -0.335 e. The lowest BCUT2D eigenvalue weighted by atomic mass is 9.87. The van der Waals surface area contributed by atoms with Crippen molar-refractivity contribution in [2.45, 2.75) is 45.6 Å². The number of hydrogen-bond acceptors (Lipinski definition) is 3. The van der Waals surface area contributed by atoms with E-state index in [9.17, 15) is 14.9 Å². The molecule has 21 heavy (non-hydrogen) atoms. The molecule has 0 spiro atoms. The van der Waals surface area contributed by atoms with Crippen molar-refractivity contribution in [3.8, 4) is 0 Å². The van der Waals surface area contributed by atoms with E-state index in [0.717, 1.165) is 24.8 Å². The smallest absolute Gasteiger partial charge is 0.319 e. The summed E-state index contributed by atoms with van der Waals surface area (Å²) in [6.45, 7) is 4.00. The van der Waals surface area contributed by atoms with Gasteiger partial charge < -0.3 is 10.6 Å². The highest BCUT2D eigenvalue weighted by Crippen LogP contribution is 2.24. The van der Waals surface area contributed by atoms with Crippen LogP contribution in [0.15, 0.2) is 18.2 Å². The SMILES string of the molecule is Cc1ccc([N+](=O)[O-])cc1NC(=O)N[C@H]1CCC[C@H](C)C1. The Bertz CT molecular complexity index is 545. The number of nitrogens with one attached hydrogen (secondary N) is 2. The number of nitro benzene ring substituents is 1. The first kappa shape index (κ1) is 15.3. The largest absolute Gasteiger partial charge is 0.335 e. The van der Waals surface area contributed by atoms with E-state index in [-0.39, 0.29) is 17.8 Å². The van der Waals surface area contributed by atoms with E-state index in [1.165, 1.54) is 18.6 Å². The number of urea groups is 1. The summed E-state index contributed by atoms with van der Waals surface area (Å²) in [5, 5.41) is 16.4. The third-order valence-corrected chi connectivity index (χ3v) is 3.95. The normalized spacial score (nSPS) is 21.6. The molecule has 0 heterocycles. The zero-order valence-corrected chi connectivity index (χ0v) is 12.4. The highest BCUT2D eigenvalue weighted by atomic mass is 16.6. The summed E-state index contributed by atoms with van der Waals surface area (Å²) in [4.78, 5) is 22.3. The number of amides is 2. The number of rotatable bonds is 3. The zero-order valence-electron chi connectivity index (χ0n) is 12.4. The molecule has 1 saturated carbocycles. The molecule has 0 aliphatic heterocycles. The fourth-order valence-corrected chi connectivity index (χ4v) is 2.77. The van der Waals surface area contributed by atoms with E-state index >= 15 is 0 Å². The van der Waals surface area contributed by atoms with Crippen molar-refractivity contribution < 1.29 is 9.72 Å². The molecule has 0 radical (unpaired) electrons. The molecule has 2 rings (SSSR count). The Morgan fingerprint density at radius 3 is 2.81 bits per heavy atom. The number of carbonyl (C=O) groups is 1. The molecule has 0 unspecified atom stereocenters. The first-order valence-corrected chi connectivity index (χ1v) is 7.28. The lowest BCUT2D eigenvalue weighted by Gasteiger charge is -2.27. The number of nitro groups is 1. The van der Waals surface area contributed by atoms with Gasteiger partial charge in [0.15, 0.2) is 0 Å². The second kappa shape index (κ2) is 6.56. The van der Waals surface area contributed by atoms with Crippen LogP contribution in [0.1, 0.15) is 38.2 Å². The number of nitrogens with zero attached hydrogens (tertiary/aromatic N) is 1. The molecule has 0 bridgehead atoms. The Kier molecular flexibility index (Phi) is 4.77. The van der Waals surface area contributed by atoms with Gasteiger partial charge in [-0.3, -0.25) is 10.1 Å². The summed E-state index contributed by atoms with van der Waals surface area (Å²) in [5.41, 5.74) is 1.25. The summed E-state index contributed by atoms with van der Waals surface area (Å²) >= 11 is 0. The molecule has 2 atom stereocenters. The molecule has 1 aromatic rings. The van der Waals surface area contributed by atoms with E-state index in [2.05, 4.69) is 17.6 Å². The topological polar surface area (TPSA) is 84.3 Å². The predicted octanol–water partition coefficient (Wildman–Crippen LogP) is 3.60. The maximum Gasteiger partial charge on any atom is 0.319 e. The predicted molar refractivity (Wildman–Crippen MR) is 81.4 cm³/mol. The van der Waals surface area contributed by atoms with Crippen molar-refractivity contribution in [2.24, 2.45) is 5.92 Å². The Balaban J connectivity index is 1.99. The van der Waals surface area contributed by atoms with Crippen LogP contribution in [0.5, 0.6) is 0 Å². The number of anilines is 1. The zero-order chi connectivity index (χ0) is 15.4. The maximum atomic E-state index is 12.0. The van der Waals surface area contributed by atoms with Gasteiger partial charge in [0.25, 0.3) is 5.69 Å². The fourth-order valence-electron chi connectivity index (χ4n) is 2.77. The third kappa shape index (κ3) is 4.18. The van der Waals surface area contributed by atoms with Crippen molar-refractivity contribution in [3.63, 3.8) is 0 Å². The van der Waals surface area contributed by atoms with Crippen LogP contribution in [0.3, 0.4) is 0 Å². The highest BCUT2D eigenvalue weighted by molar-refractivity contribution is 5.90. The van der Waals surface area contributed by atoms with Gasteiger partial charge in [0.05, 0.1) is 10.6 Å². The minimum absolute atomic E-state index is 0.0258. The van der Waals surface area contributed by atoms with E-state index in [1.807, 2.05) is 6.92 Å². The van der Waals surface area contributed by atoms with Crippen molar-refractivity contribution >= 4 is 17.4 Å². The summed E-state index contributed by atoms with van der Waals surface area (Å²) in [5.74, 6) is 0.628. The summed E-state index contributed by atoms with van der Waals surface area (Å²) in [6.07, 6.45) is 4.32. The quantitative estimate of drug-likeness (QED) is 0.659. The molecule has 2 N–H and O–H groups in total. The Labute approximate surface area is 124 Å². The van der Waals surface area contributed by atoms with Gasteiger partial charge in [-0.1, -0.05) is 25.8 Å². The Morgan fingerprint density at radius 2 is 2.14 bits per heavy atom. The molecule has 1 fully saturated rings. The number of hydrogen-bond donors (Lipinski definition) is 2. The van der Waals surface area contributed by atoms with Crippen molar-refractivity contribution in [1.82, 2.24) is 5.32 Å². The highest BCUT2D eigenvalue weighted by Gasteiger charge is 2.20. The monoisotopic (exact) mass is 291 g/mol. The van der Waals surface area contributed by atoms with Crippen LogP contribution in [0, 0.1) is 23.0 Å². The Hall–Kier alpha value is -2.11. The molecule has 114 valence electrons. The number of benzene rings is 1. The van der Waals surface area contributed by atoms with Crippen LogP contribution in [0.2, 0.25) is 0 Å². The lowest BCUT2D eigenvalue weighted by Crippen LogP contribution is -2.40. The van der Waals surface area contributed by atoms with Crippen LogP contribution in [-0.4, -0.2) is 17.0 Å². The third-order valence-electron chi connectivity index (χ3n) is 3.95. The van der Waals surface area contributed by atoms with Crippen LogP contribution in [0.4, 0.5) is 16.2 Å². The molecule has 6 heteroatoms.